The van der Waals surface area contributed by atoms with E-state index in [1.807, 2.05) is 72.8 Å². The van der Waals surface area contributed by atoms with Gasteiger partial charge < -0.3 is 25.0 Å². The third-order valence-corrected chi connectivity index (χ3v) is 8.68. The van der Waals surface area contributed by atoms with Gasteiger partial charge in [-0.3, -0.25) is 9.78 Å². The fourth-order valence-corrected chi connectivity index (χ4v) is 5.96. The Morgan fingerprint density at radius 2 is 1.53 bits per heavy atom. The van der Waals surface area contributed by atoms with Gasteiger partial charge in [-0.15, -0.1) is 11.8 Å². The SMILES string of the molecule is O=C(O)c1ccc(SC[C@@H]2C[C@H](c3ccc(CO)cc3)O[C@H](c3ccc(CNC(=O)c4cnc5ccccc5n4)cc3)O2)cc1. The van der Waals surface area contributed by atoms with Gasteiger partial charge in [-0.1, -0.05) is 60.7 Å². The van der Waals surface area contributed by atoms with Crippen molar-refractivity contribution in [2.45, 2.75) is 43.0 Å². The van der Waals surface area contributed by atoms with E-state index in [1.54, 1.807) is 36.0 Å². The van der Waals surface area contributed by atoms with Crippen LogP contribution in [0.15, 0.2) is 108 Å². The second kappa shape index (κ2) is 14.0. The Hall–Kier alpha value is -4.61. The highest BCUT2D eigenvalue weighted by molar-refractivity contribution is 7.99. The Morgan fingerprint density at radius 1 is 0.844 bits per heavy atom. The van der Waals surface area contributed by atoms with Gasteiger partial charge in [0.15, 0.2) is 6.29 Å². The van der Waals surface area contributed by atoms with Crippen LogP contribution in [0.1, 0.15) is 61.9 Å². The lowest BCUT2D eigenvalue weighted by atomic mass is 10.0. The minimum Gasteiger partial charge on any atom is -0.478 e. The highest BCUT2D eigenvalue weighted by atomic mass is 32.2. The Morgan fingerprint density at radius 3 is 2.24 bits per heavy atom. The van der Waals surface area contributed by atoms with Crippen LogP contribution in [0.25, 0.3) is 11.0 Å². The van der Waals surface area contributed by atoms with Crippen molar-refractivity contribution in [3.8, 4) is 0 Å². The van der Waals surface area contributed by atoms with Crippen LogP contribution in [0.4, 0.5) is 0 Å². The summed E-state index contributed by atoms with van der Waals surface area (Å²) in [5, 5.41) is 21.6. The topological polar surface area (TPSA) is 131 Å². The van der Waals surface area contributed by atoms with Crippen molar-refractivity contribution in [3.05, 3.63) is 137 Å². The largest absolute Gasteiger partial charge is 0.478 e. The Balaban J connectivity index is 1.12. The van der Waals surface area contributed by atoms with E-state index in [-0.39, 0.29) is 36.0 Å². The number of hydrogen-bond donors (Lipinski definition) is 3. The summed E-state index contributed by atoms with van der Waals surface area (Å²) in [5.41, 5.74) is 5.49. The van der Waals surface area contributed by atoms with E-state index in [9.17, 15) is 19.8 Å². The number of amides is 1. The molecule has 2 heterocycles. The van der Waals surface area contributed by atoms with Crippen molar-refractivity contribution in [1.82, 2.24) is 15.3 Å². The van der Waals surface area contributed by atoms with Crippen LogP contribution in [0.3, 0.4) is 0 Å². The molecule has 0 bridgehead atoms. The predicted octanol–water partition coefficient (Wildman–Crippen LogP) is 6.09. The lowest BCUT2D eigenvalue weighted by Crippen LogP contribution is -2.31. The molecule has 45 heavy (non-hydrogen) atoms. The number of carboxylic acids is 1. The number of aromatic carboxylic acids is 1. The molecule has 0 aliphatic carbocycles. The zero-order valence-corrected chi connectivity index (χ0v) is 25.0. The second-order valence-corrected chi connectivity index (χ2v) is 11.8. The first-order valence-corrected chi connectivity index (χ1v) is 15.5. The van der Waals surface area contributed by atoms with Gasteiger partial charge >= 0.3 is 5.97 Å². The van der Waals surface area contributed by atoms with E-state index in [4.69, 9.17) is 9.47 Å². The van der Waals surface area contributed by atoms with Gasteiger partial charge in [0.25, 0.3) is 5.91 Å². The zero-order valence-electron chi connectivity index (χ0n) is 24.2. The second-order valence-electron chi connectivity index (χ2n) is 10.7. The Labute approximate surface area is 264 Å². The number of thioether (sulfide) groups is 1. The van der Waals surface area contributed by atoms with Crippen molar-refractivity contribution < 1.29 is 29.3 Å². The molecule has 3 N–H and O–H groups in total. The maximum Gasteiger partial charge on any atom is 0.335 e. The van der Waals surface area contributed by atoms with E-state index in [0.717, 1.165) is 32.7 Å². The molecule has 0 unspecified atom stereocenters. The van der Waals surface area contributed by atoms with E-state index in [0.29, 0.717) is 24.2 Å². The number of ether oxygens (including phenoxy) is 2. The lowest BCUT2D eigenvalue weighted by Gasteiger charge is -2.36. The van der Waals surface area contributed by atoms with Crippen molar-refractivity contribution in [2.75, 3.05) is 5.75 Å². The van der Waals surface area contributed by atoms with Gasteiger partial charge in [-0.05, 0) is 53.1 Å². The number of fused-ring (bicyclic) bond motifs is 1. The number of hydrogen-bond acceptors (Lipinski definition) is 8. The van der Waals surface area contributed by atoms with Crippen LogP contribution in [-0.4, -0.2) is 43.9 Å². The first kappa shape index (κ1) is 30.4. The number of carbonyl (C=O) groups is 2. The summed E-state index contributed by atoms with van der Waals surface area (Å²) in [7, 11) is 0. The molecule has 0 spiro atoms. The number of nitrogens with zero attached hydrogens (tertiary/aromatic N) is 2. The van der Waals surface area contributed by atoms with Crippen molar-refractivity contribution in [1.29, 1.82) is 0 Å². The number of aliphatic hydroxyl groups is 1. The molecule has 1 saturated heterocycles. The quantitative estimate of drug-likeness (QED) is 0.159. The number of benzene rings is 4. The van der Waals surface area contributed by atoms with Crippen LogP contribution in [0.5, 0.6) is 0 Å². The van der Waals surface area contributed by atoms with Crippen LogP contribution in [0, 0.1) is 0 Å². The zero-order chi connectivity index (χ0) is 31.2. The van der Waals surface area contributed by atoms with E-state index < -0.39 is 12.3 Å². The van der Waals surface area contributed by atoms with Crippen molar-refractivity contribution in [2.24, 2.45) is 0 Å². The first-order valence-electron chi connectivity index (χ1n) is 14.5. The third-order valence-electron chi connectivity index (χ3n) is 7.54. The average molecular weight is 622 g/mol. The van der Waals surface area contributed by atoms with Crippen LogP contribution < -0.4 is 5.32 Å². The number of aromatic nitrogens is 2. The highest BCUT2D eigenvalue weighted by Crippen LogP contribution is 2.39. The van der Waals surface area contributed by atoms with E-state index >= 15 is 0 Å². The number of aliphatic hydroxyl groups excluding tert-OH is 1. The van der Waals surface area contributed by atoms with Gasteiger partial charge in [0.1, 0.15) is 5.69 Å². The van der Waals surface area contributed by atoms with Gasteiger partial charge in [0.05, 0.1) is 41.6 Å². The van der Waals surface area contributed by atoms with Crippen LogP contribution in [-0.2, 0) is 22.6 Å². The van der Waals surface area contributed by atoms with Gasteiger partial charge in [-0.25, -0.2) is 9.78 Å². The number of carboxylic acid groups (broad SMARTS) is 1. The summed E-state index contributed by atoms with van der Waals surface area (Å²) in [6.45, 7) is 0.291. The van der Waals surface area contributed by atoms with E-state index in [2.05, 4.69) is 15.3 Å². The molecule has 0 saturated carbocycles. The summed E-state index contributed by atoms with van der Waals surface area (Å²) >= 11 is 1.60. The van der Waals surface area contributed by atoms with Gasteiger partial charge in [-0.2, -0.15) is 0 Å². The molecule has 3 atom stereocenters. The minimum atomic E-state index is -0.954. The third kappa shape index (κ3) is 7.55. The molecule has 1 aliphatic heterocycles. The Bertz CT molecular complexity index is 1780. The summed E-state index contributed by atoms with van der Waals surface area (Å²) in [6.07, 6.45) is 1.14. The number of rotatable bonds is 10. The number of nitrogens with one attached hydrogen (secondary N) is 1. The summed E-state index contributed by atoms with van der Waals surface area (Å²) < 4.78 is 12.9. The molecule has 1 amide bonds. The van der Waals surface area contributed by atoms with E-state index in [1.165, 1.54) is 6.20 Å². The van der Waals surface area contributed by atoms with Gasteiger partial charge in [0.2, 0.25) is 0 Å². The van der Waals surface area contributed by atoms with Crippen molar-refractivity contribution >= 4 is 34.7 Å². The van der Waals surface area contributed by atoms with Crippen LogP contribution >= 0.6 is 11.8 Å². The maximum absolute atomic E-state index is 12.7. The van der Waals surface area contributed by atoms with Crippen molar-refractivity contribution in [3.63, 3.8) is 0 Å². The smallest absolute Gasteiger partial charge is 0.335 e. The number of carbonyl (C=O) groups excluding carboxylic acids is 1. The highest BCUT2D eigenvalue weighted by Gasteiger charge is 2.32. The molecular formula is C35H31N3O6S. The molecule has 5 aromatic rings. The maximum atomic E-state index is 12.7. The normalized spacial score (nSPS) is 18.0. The predicted molar refractivity (Wildman–Crippen MR) is 170 cm³/mol. The summed E-state index contributed by atoms with van der Waals surface area (Å²) in [5.74, 6) is -0.603. The molecule has 1 aromatic heterocycles. The fourth-order valence-electron chi connectivity index (χ4n) is 5.04. The fraction of sp³-hybridized carbons (Fsp3) is 0.200. The minimum absolute atomic E-state index is 0.0278. The standard InChI is InChI=1S/C35H31N3O6S/c39-20-23-7-9-24(10-8-23)32-17-27(21-45-28-15-13-25(14-16-28)34(41)42)43-35(44-32)26-11-5-22(6-12-26)18-37-33(40)31-19-36-29-3-1-2-4-30(29)38-31/h1-16,19,27,32,35,39H,17-18,20-21H2,(H,37,40)(H,41,42)/t27-,32+,35+/m0/s1. The monoisotopic (exact) mass is 621 g/mol. The molecule has 10 heteroatoms. The molecule has 1 aliphatic rings. The summed E-state index contributed by atoms with van der Waals surface area (Å²) in [4.78, 5) is 33.6. The van der Waals surface area contributed by atoms with Crippen LogP contribution in [0.2, 0.25) is 0 Å². The molecule has 6 rings (SSSR count). The molecule has 9 nitrogen and oxygen atoms in total. The number of para-hydroxylation sites is 2. The average Bonchev–Trinajstić information content (AvgIpc) is 3.09. The molecule has 1 fully saturated rings. The first-order chi connectivity index (χ1) is 21.9. The summed E-state index contributed by atoms with van der Waals surface area (Å²) in [6, 6.07) is 29.7. The Kier molecular flexibility index (Phi) is 9.46. The molecule has 0 radical (unpaired) electrons. The molecule has 228 valence electrons. The molecular weight excluding hydrogens is 590 g/mol. The van der Waals surface area contributed by atoms with Gasteiger partial charge in [0, 0.05) is 29.2 Å². The molecule has 4 aromatic carbocycles. The lowest BCUT2D eigenvalue weighted by molar-refractivity contribution is -0.245.